The average Bonchev–Trinajstić information content (AvgIpc) is 3.18. The smallest absolute Gasteiger partial charge is 0.350 e. The summed E-state index contributed by atoms with van der Waals surface area (Å²) >= 11 is 6.98. The molecule has 0 aliphatic heterocycles. The van der Waals surface area contributed by atoms with Gasteiger partial charge >= 0.3 is 5.97 Å². The van der Waals surface area contributed by atoms with Gasteiger partial charge in [-0.15, -0.1) is 0 Å². The Kier molecular flexibility index (Phi) is 5.57. The van der Waals surface area contributed by atoms with Gasteiger partial charge in [0.2, 0.25) is 0 Å². The van der Waals surface area contributed by atoms with Gasteiger partial charge in [0.15, 0.2) is 5.13 Å². The number of amides is 1. The second-order valence-electron chi connectivity index (χ2n) is 5.65. The minimum absolute atomic E-state index is 0.278. The number of aryl methyl sites for hydroxylation is 2. The summed E-state index contributed by atoms with van der Waals surface area (Å²) < 4.78 is 6.48. The van der Waals surface area contributed by atoms with Crippen LogP contribution >= 0.6 is 22.9 Å². The lowest BCUT2D eigenvalue weighted by Crippen LogP contribution is -2.15. The lowest BCUT2D eigenvalue weighted by atomic mass is 10.1. The molecule has 3 rings (SSSR count). The summed E-state index contributed by atoms with van der Waals surface area (Å²) in [6.45, 7) is 3.71. The molecule has 0 unspecified atom stereocenters. The molecule has 0 atom stereocenters. The third-order valence-electron chi connectivity index (χ3n) is 3.73. The summed E-state index contributed by atoms with van der Waals surface area (Å²) in [6, 6.07) is 8.89. The van der Waals surface area contributed by atoms with Crippen LogP contribution in [0.25, 0.3) is 11.3 Å². The first kappa shape index (κ1) is 19.1. The van der Waals surface area contributed by atoms with Crippen molar-refractivity contribution in [2.75, 3.05) is 11.9 Å². The summed E-state index contributed by atoms with van der Waals surface area (Å²) in [7, 11) is 1.69. The standard InChI is InChI=1S/C18H17ClN4O3S/c1-4-26-17(25)15-10(2)20-18(27-15)21-16(24)14-9-13(22-23(14)3)11-5-7-12(19)8-6-11/h5-9H,4H2,1-3H3,(H,20,21,24). The van der Waals surface area contributed by atoms with E-state index in [2.05, 4.69) is 15.4 Å². The molecular formula is C18H17ClN4O3S. The van der Waals surface area contributed by atoms with Crippen molar-refractivity contribution < 1.29 is 14.3 Å². The van der Waals surface area contributed by atoms with E-state index in [1.54, 1.807) is 39.1 Å². The molecule has 0 spiro atoms. The van der Waals surface area contributed by atoms with E-state index < -0.39 is 5.97 Å². The molecule has 9 heteroatoms. The number of hydrogen-bond acceptors (Lipinski definition) is 6. The maximum absolute atomic E-state index is 12.6. The lowest BCUT2D eigenvalue weighted by Gasteiger charge is -2.01. The molecule has 0 aliphatic rings. The number of carbonyl (C=O) groups excluding carboxylic acids is 2. The minimum Gasteiger partial charge on any atom is -0.462 e. The Bertz CT molecular complexity index is 995. The number of hydrogen-bond donors (Lipinski definition) is 1. The van der Waals surface area contributed by atoms with Crippen molar-refractivity contribution in [3.63, 3.8) is 0 Å². The summed E-state index contributed by atoms with van der Waals surface area (Å²) in [6.07, 6.45) is 0. The van der Waals surface area contributed by atoms with E-state index in [1.807, 2.05) is 12.1 Å². The van der Waals surface area contributed by atoms with Crippen LogP contribution in [0.2, 0.25) is 5.02 Å². The molecular weight excluding hydrogens is 388 g/mol. The van der Waals surface area contributed by atoms with Crippen molar-refractivity contribution >= 4 is 39.9 Å². The monoisotopic (exact) mass is 404 g/mol. The van der Waals surface area contributed by atoms with Gasteiger partial charge in [0.1, 0.15) is 10.6 Å². The van der Waals surface area contributed by atoms with E-state index in [4.69, 9.17) is 16.3 Å². The molecule has 3 aromatic rings. The zero-order valence-electron chi connectivity index (χ0n) is 14.9. The van der Waals surface area contributed by atoms with E-state index in [9.17, 15) is 9.59 Å². The highest BCUT2D eigenvalue weighted by atomic mass is 35.5. The number of thiazole rings is 1. The van der Waals surface area contributed by atoms with E-state index in [0.29, 0.717) is 32.1 Å². The van der Waals surface area contributed by atoms with Gasteiger partial charge in [0.25, 0.3) is 5.91 Å². The second-order valence-corrected chi connectivity index (χ2v) is 7.09. The zero-order valence-corrected chi connectivity index (χ0v) is 16.5. The van der Waals surface area contributed by atoms with E-state index in [1.165, 1.54) is 4.68 Å². The SMILES string of the molecule is CCOC(=O)c1sc(NC(=O)c2cc(-c3ccc(Cl)cc3)nn2C)nc1C. The fourth-order valence-electron chi connectivity index (χ4n) is 2.44. The highest BCUT2D eigenvalue weighted by Gasteiger charge is 2.20. The third-order valence-corrected chi connectivity index (χ3v) is 5.04. The van der Waals surface area contributed by atoms with Gasteiger partial charge in [-0.2, -0.15) is 5.10 Å². The predicted octanol–water partition coefficient (Wildman–Crippen LogP) is 3.93. The fourth-order valence-corrected chi connectivity index (χ4v) is 3.42. The molecule has 1 amide bonds. The van der Waals surface area contributed by atoms with Gasteiger partial charge < -0.3 is 4.74 Å². The van der Waals surface area contributed by atoms with Gasteiger partial charge in [0.05, 0.1) is 18.0 Å². The van der Waals surface area contributed by atoms with Gasteiger partial charge in [-0.05, 0) is 32.0 Å². The molecule has 7 nitrogen and oxygen atoms in total. The van der Waals surface area contributed by atoms with Crippen molar-refractivity contribution in [3.8, 4) is 11.3 Å². The highest BCUT2D eigenvalue weighted by molar-refractivity contribution is 7.17. The Morgan fingerprint density at radius 3 is 2.67 bits per heavy atom. The Balaban J connectivity index is 1.80. The third kappa shape index (κ3) is 4.17. The molecule has 2 heterocycles. The van der Waals surface area contributed by atoms with Crippen molar-refractivity contribution in [3.05, 3.63) is 51.6 Å². The summed E-state index contributed by atoms with van der Waals surface area (Å²) in [5, 5.41) is 8.04. The van der Waals surface area contributed by atoms with Gasteiger partial charge in [-0.3, -0.25) is 14.8 Å². The molecule has 0 saturated carbocycles. The lowest BCUT2D eigenvalue weighted by molar-refractivity contribution is 0.0531. The Labute approximate surface area is 164 Å². The second kappa shape index (κ2) is 7.89. The quantitative estimate of drug-likeness (QED) is 0.651. The first-order valence-corrected chi connectivity index (χ1v) is 9.34. The number of nitrogens with one attached hydrogen (secondary N) is 1. The van der Waals surface area contributed by atoms with Crippen molar-refractivity contribution in [2.24, 2.45) is 7.05 Å². The molecule has 0 bridgehead atoms. The molecule has 0 saturated heterocycles. The fraction of sp³-hybridized carbons (Fsp3) is 0.222. The molecule has 2 aromatic heterocycles. The molecule has 0 aliphatic carbocycles. The predicted molar refractivity (Wildman–Crippen MR) is 104 cm³/mol. The Morgan fingerprint density at radius 1 is 1.30 bits per heavy atom. The largest absolute Gasteiger partial charge is 0.462 e. The van der Waals surface area contributed by atoms with E-state index >= 15 is 0 Å². The molecule has 140 valence electrons. The van der Waals surface area contributed by atoms with Crippen LogP contribution in [0, 0.1) is 6.92 Å². The topological polar surface area (TPSA) is 86.1 Å². The van der Waals surface area contributed by atoms with Crippen LogP contribution in [0.5, 0.6) is 0 Å². The number of carbonyl (C=O) groups is 2. The number of esters is 1. The number of ether oxygens (including phenoxy) is 1. The van der Waals surface area contributed by atoms with E-state index in [-0.39, 0.29) is 12.5 Å². The van der Waals surface area contributed by atoms with E-state index in [0.717, 1.165) is 16.9 Å². The molecule has 0 fully saturated rings. The maximum atomic E-state index is 12.6. The first-order chi connectivity index (χ1) is 12.9. The first-order valence-electron chi connectivity index (χ1n) is 8.15. The summed E-state index contributed by atoms with van der Waals surface area (Å²) in [5.74, 6) is -0.812. The van der Waals surface area contributed by atoms with Crippen molar-refractivity contribution in [1.82, 2.24) is 14.8 Å². The molecule has 27 heavy (non-hydrogen) atoms. The highest BCUT2D eigenvalue weighted by Crippen LogP contribution is 2.25. The van der Waals surface area contributed by atoms with Crippen LogP contribution in [0.4, 0.5) is 5.13 Å². The molecule has 1 N–H and O–H groups in total. The number of halogens is 1. The average molecular weight is 405 g/mol. The summed E-state index contributed by atoms with van der Waals surface area (Å²) in [4.78, 5) is 29.1. The van der Waals surface area contributed by atoms with Crippen molar-refractivity contribution in [2.45, 2.75) is 13.8 Å². The number of benzene rings is 1. The zero-order chi connectivity index (χ0) is 19.6. The van der Waals surface area contributed by atoms with Crippen LogP contribution in [0.1, 0.15) is 32.8 Å². The van der Waals surface area contributed by atoms with Crippen LogP contribution < -0.4 is 5.32 Å². The van der Waals surface area contributed by atoms with Crippen LogP contribution in [0.3, 0.4) is 0 Å². The summed E-state index contributed by atoms with van der Waals surface area (Å²) in [5.41, 5.74) is 2.39. The molecule has 0 radical (unpaired) electrons. The maximum Gasteiger partial charge on any atom is 0.350 e. The molecule has 1 aromatic carbocycles. The number of nitrogens with zero attached hydrogens (tertiary/aromatic N) is 3. The number of anilines is 1. The van der Waals surface area contributed by atoms with Crippen LogP contribution in [-0.4, -0.2) is 33.2 Å². The van der Waals surface area contributed by atoms with Gasteiger partial charge in [-0.25, -0.2) is 9.78 Å². The minimum atomic E-state index is -0.446. The Morgan fingerprint density at radius 2 is 2.00 bits per heavy atom. The van der Waals surface area contributed by atoms with Crippen molar-refractivity contribution in [1.29, 1.82) is 0 Å². The van der Waals surface area contributed by atoms with Crippen LogP contribution in [0.15, 0.2) is 30.3 Å². The van der Waals surface area contributed by atoms with Crippen LogP contribution in [-0.2, 0) is 11.8 Å². The number of aromatic nitrogens is 3. The van der Waals surface area contributed by atoms with Gasteiger partial charge in [0, 0.05) is 17.6 Å². The Hall–Kier alpha value is -2.71. The van der Waals surface area contributed by atoms with Gasteiger partial charge in [-0.1, -0.05) is 35.1 Å². The normalized spacial score (nSPS) is 10.7. The number of rotatable bonds is 5.